The quantitative estimate of drug-likeness (QED) is 0.491. The summed E-state index contributed by atoms with van der Waals surface area (Å²) in [6.07, 6.45) is 3.20. The van der Waals surface area contributed by atoms with Crippen molar-refractivity contribution in [3.63, 3.8) is 0 Å². The number of esters is 1. The van der Waals surface area contributed by atoms with Crippen LogP contribution in [0.3, 0.4) is 0 Å². The fourth-order valence-corrected chi connectivity index (χ4v) is 2.11. The monoisotopic (exact) mass is 234 g/mol. The highest BCUT2D eigenvalue weighted by Gasteiger charge is 2.10. The van der Waals surface area contributed by atoms with Crippen molar-refractivity contribution in [3.8, 4) is 0 Å². The molecule has 0 aromatic heterocycles. The van der Waals surface area contributed by atoms with Gasteiger partial charge in [0.25, 0.3) is 0 Å². The summed E-state index contributed by atoms with van der Waals surface area (Å²) in [5, 5.41) is 9.48. The number of unbranched alkanes of at least 4 members (excludes halogenated alkanes) is 2. The van der Waals surface area contributed by atoms with E-state index in [9.17, 15) is 9.90 Å². The molecule has 0 aliphatic heterocycles. The molecule has 0 rings (SSSR count). The minimum absolute atomic E-state index is 0.120. The Balaban J connectivity index is 3.32. The first-order valence-corrected chi connectivity index (χ1v) is 6.77. The lowest BCUT2D eigenvalue weighted by Gasteiger charge is -2.09. The highest BCUT2D eigenvalue weighted by atomic mass is 32.2. The molecule has 0 heterocycles. The van der Waals surface area contributed by atoms with Crippen molar-refractivity contribution in [3.05, 3.63) is 0 Å². The molecule has 0 aromatic carbocycles. The van der Waals surface area contributed by atoms with Gasteiger partial charge in [0.2, 0.25) is 0 Å². The van der Waals surface area contributed by atoms with Crippen LogP contribution in [0, 0.1) is 0 Å². The minimum atomic E-state index is -0.560. The molecule has 0 saturated heterocycles. The summed E-state index contributed by atoms with van der Waals surface area (Å²) in [5.74, 6) is 1.38. The lowest BCUT2D eigenvalue weighted by Crippen LogP contribution is -2.18. The van der Waals surface area contributed by atoms with E-state index in [4.69, 9.17) is 4.74 Å². The van der Waals surface area contributed by atoms with E-state index in [0.717, 1.165) is 5.75 Å². The van der Waals surface area contributed by atoms with E-state index in [2.05, 4.69) is 6.92 Å². The Hall–Kier alpha value is -0.220. The molecular formula is C11H22O3S. The Kier molecular flexibility index (Phi) is 10.2. The number of aliphatic hydroxyl groups is 1. The van der Waals surface area contributed by atoms with Crippen LogP contribution in [-0.4, -0.2) is 35.3 Å². The predicted molar refractivity (Wildman–Crippen MR) is 64.1 cm³/mol. The Bertz CT molecular complexity index is 162. The van der Waals surface area contributed by atoms with Crippen LogP contribution < -0.4 is 0 Å². The zero-order chi connectivity index (χ0) is 11.5. The van der Waals surface area contributed by atoms with Crippen LogP contribution in [0.2, 0.25) is 0 Å². The van der Waals surface area contributed by atoms with E-state index >= 15 is 0 Å². The molecule has 1 atom stereocenters. The van der Waals surface area contributed by atoms with Crippen LogP contribution in [0.5, 0.6) is 0 Å². The third-order valence-corrected chi connectivity index (χ3v) is 3.11. The van der Waals surface area contributed by atoms with E-state index in [-0.39, 0.29) is 12.4 Å². The molecule has 0 aliphatic rings. The first kappa shape index (κ1) is 14.8. The van der Waals surface area contributed by atoms with Gasteiger partial charge in [-0.3, -0.25) is 4.79 Å². The van der Waals surface area contributed by atoms with Crippen LogP contribution in [0.4, 0.5) is 0 Å². The molecule has 0 radical (unpaired) electrons. The highest BCUT2D eigenvalue weighted by Crippen LogP contribution is 2.09. The van der Waals surface area contributed by atoms with Gasteiger partial charge in [0, 0.05) is 5.75 Å². The van der Waals surface area contributed by atoms with E-state index in [1.807, 2.05) is 0 Å². The Morgan fingerprint density at radius 2 is 2.13 bits per heavy atom. The third-order valence-electron chi connectivity index (χ3n) is 1.91. The maximum Gasteiger partial charge on any atom is 0.308 e. The van der Waals surface area contributed by atoms with Crippen LogP contribution in [0.1, 0.15) is 39.5 Å². The molecule has 15 heavy (non-hydrogen) atoms. The Morgan fingerprint density at radius 3 is 2.73 bits per heavy atom. The fourth-order valence-electron chi connectivity index (χ4n) is 1.14. The number of hydrogen-bond donors (Lipinski definition) is 1. The summed E-state index contributed by atoms with van der Waals surface area (Å²) in [5.41, 5.74) is 0. The lowest BCUT2D eigenvalue weighted by molar-refractivity contribution is -0.144. The molecule has 90 valence electrons. The summed E-state index contributed by atoms with van der Waals surface area (Å²) in [6.45, 7) is 4.32. The maximum atomic E-state index is 11.0. The van der Waals surface area contributed by atoms with Crippen molar-refractivity contribution in [1.82, 2.24) is 0 Å². The predicted octanol–water partition coefficient (Wildman–Crippen LogP) is 2.22. The van der Waals surface area contributed by atoms with Gasteiger partial charge >= 0.3 is 5.97 Å². The second-order valence-electron chi connectivity index (χ2n) is 3.44. The van der Waals surface area contributed by atoms with Crippen LogP contribution >= 0.6 is 11.8 Å². The highest BCUT2D eigenvalue weighted by molar-refractivity contribution is 7.99. The summed E-state index contributed by atoms with van der Waals surface area (Å²) >= 11 is 1.70. The number of thioether (sulfide) groups is 1. The largest absolute Gasteiger partial charge is 0.466 e. The van der Waals surface area contributed by atoms with Gasteiger partial charge in [0.15, 0.2) is 0 Å². The van der Waals surface area contributed by atoms with Gasteiger partial charge in [0.05, 0.1) is 19.1 Å². The van der Waals surface area contributed by atoms with Crippen molar-refractivity contribution in [2.75, 3.05) is 18.1 Å². The molecule has 0 fully saturated rings. The van der Waals surface area contributed by atoms with E-state index in [1.165, 1.54) is 19.3 Å². The zero-order valence-electron chi connectivity index (χ0n) is 9.70. The molecule has 3 nitrogen and oxygen atoms in total. The summed E-state index contributed by atoms with van der Waals surface area (Å²) in [7, 11) is 0. The van der Waals surface area contributed by atoms with Gasteiger partial charge in [0.1, 0.15) is 0 Å². The molecule has 0 spiro atoms. The van der Waals surface area contributed by atoms with Crippen molar-refractivity contribution in [2.45, 2.75) is 45.6 Å². The number of aliphatic hydroxyl groups excluding tert-OH is 1. The lowest BCUT2D eigenvalue weighted by atomic mass is 10.3. The molecule has 1 unspecified atom stereocenters. The average Bonchev–Trinajstić information content (AvgIpc) is 2.17. The smallest absolute Gasteiger partial charge is 0.308 e. The minimum Gasteiger partial charge on any atom is -0.466 e. The van der Waals surface area contributed by atoms with Gasteiger partial charge < -0.3 is 9.84 Å². The van der Waals surface area contributed by atoms with Gasteiger partial charge in [-0.05, 0) is 19.1 Å². The Labute approximate surface area is 96.6 Å². The van der Waals surface area contributed by atoms with Crippen LogP contribution in [0.15, 0.2) is 0 Å². The summed E-state index contributed by atoms with van der Waals surface area (Å²) in [6, 6.07) is 0. The summed E-state index contributed by atoms with van der Waals surface area (Å²) < 4.78 is 4.75. The second-order valence-corrected chi connectivity index (χ2v) is 4.59. The van der Waals surface area contributed by atoms with Crippen LogP contribution in [0.25, 0.3) is 0 Å². The molecule has 0 bridgehead atoms. The molecule has 0 saturated carbocycles. The fraction of sp³-hybridized carbons (Fsp3) is 0.909. The molecule has 1 N–H and O–H groups in total. The zero-order valence-corrected chi connectivity index (χ0v) is 10.5. The van der Waals surface area contributed by atoms with Gasteiger partial charge in [-0.25, -0.2) is 0 Å². The first-order valence-electron chi connectivity index (χ1n) is 5.62. The van der Waals surface area contributed by atoms with Gasteiger partial charge in [-0.15, -0.1) is 0 Å². The maximum absolute atomic E-state index is 11.0. The normalized spacial score (nSPS) is 12.5. The molecular weight excluding hydrogens is 212 g/mol. The topological polar surface area (TPSA) is 46.5 Å². The standard InChI is InChI=1S/C11H22O3S/c1-3-5-6-7-15-9-10(12)8-11(13)14-4-2/h10,12H,3-9H2,1-2H3. The van der Waals surface area contributed by atoms with E-state index < -0.39 is 6.10 Å². The van der Waals surface area contributed by atoms with Crippen molar-refractivity contribution < 1.29 is 14.6 Å². The summed E-state index contributed by atoms with van der Waals surface area (Å²) in [4.78, 5) is 11.0. The van der Waals surface area contributed by atoms with Gasteiger partial charge in [-0.1, -0.05) is 19.8 Å². The number of hydrogen-bond acceptors (Lipinski definition) is 4. The van der Waals surface area contributed by atoms with Crippen molar-refractivity contribution in [2.24, 2.45) is 0 Å². The first-order chi connectivity index (χ1) is 7.20. The number of rotatable bonds is 9. The molecule has 0 aromatic rings. The molecule has 0 aliphatic carbocycles. The molecule has 0 amide bonds. The van der Waals surface area contributed by atoms with E-state index in [0.29, 0.717) is 12.4 Å². The average molecular weight is 234 g/mol. The van der Waals surface area contributed by atoms with Crippen molar-refractivity contribution in [1.29, 1.82) is 0 Å². The number of carbonyl (C=O) groups excluding carboxylic acids is 1. The SMILES string of the molecule is CCCCCSCC(O)CC(=O)OCC. The number of ether oxygens (including phenoxy) is 1. The second kappa shape index (κ2) is 10.3. The molecule has 4 heteroatoms. The van der Waals surface area contributed by atoms with Gasteiger partial charge in [-0.2, -0.15) is 11.8 Å². The Morgan fingerprint density at radius 1 is 1.40 bits per heavy atom. The third kappa shape index (κ3) is 10.1. The van der Waals surface area contributed by atoms with Crippen molar-refractivity contribution >= 4 is 17.7 Å². The van der Waals surface area contributed by atoms with Crippen LogP contribution in [-0.2, 0) is 9.53 Å². The van der Waals surface area contributed by atoms with E-state index in [1.54, 1.807) is 18.7 Å². The number of carbonyl (C=O) groups is 1.